The molecule has 0 aliphatic carbocycles. The Labute approximate surface area is 350 Å². The van der Waals surface area contributed by atoms with E-state index in [4.69, 9.17) is 4.74 Å². The molecule has 6 nitrogen and oxygen atoms in total. The van der Waals surface area contributed by atoms with Gasteiger partial charge in [-0.15, -0.1) is 0 Å². The topological polar surface area (TPSA) is 95.9 Å². The van der Waals surface area contributed by atoms with Crippen molar-refractivity contribution in [2.24, 2.45) is 0 Å². The van der Waals surface area contributed by atoms with E-state index in [1.165, 1.54) is 44.9 Å². The van der Waals surface area contributed by atoms with E-state index in [2.05, 4.69) is 117 Å². The predicted molar refractivity (Wildman–Crippen MR) is 245 cm³/mol. The van der Waals surface area contributed by atoms with Gasteiger partial charge in [0.1, 0.15) is 6.10 Å². The number of rotatable bonds is 39. The molecule has 0 aliphatic heterocycles. The van der Waals surface area contributed by atoms with Crippen molar-refractivity contribution >= 4 is 11.9 Å². The molecule has 0 aromatic heterocycles. The Balaban J connectivity index is 4.79. The van der Waals surface area contributed by atoms with Gasteiger partial charge < -0.3 is 20.3 Å². The average Bonchev–Trinajstić information content (AvgIpc) is 3.20. The third-order valence-corrected chi connectivity index (χ3v) is 9.67. The summed E-state index contributed by atoms with van der Waals surface area (Å²) in [5.74, 6) is -0.624. The number of ether oxygens (including phenoxy) is 1. The van der Waals surface area contributed by atoms with E-state index in [0.717, 1.165) is 89.9 Å². The number of aliphatic hydroxyl groups excluding tert-OH is 2. The third kappa shape index (κ3) is 39.4. The fraction of sp³-hybridized carbons (Fsp3) is 0.647. The number of amides is 1. The second kappa shape index (κ2) is 43.9. The maximum Gasteiger partial charge on any atom is 0.306 e. The molecule has 0 fully saturated rings. The van der Waals surface area contributed by atoms with Crippen molar-refractivity contribution in [3.8, 4) is 0 Å². The van der Waals surface area contributed by atoms with Gasteiger partial charge in [0.25, 0.3) is 0 Å². The lowest BCUT2D eigenvalue weighted by atomic mass is 10.0. The Morgan fingerprint density at radius 2 is 0.947 bits per heavy atom. The lowest BCUT2D eigenvalue weighted by Crippen LogP contribution is -2.46. The summed E-state index contributed by atoms with van der Waals surface area (Å²) in [4.78, 5) is 26.0. The number of carbonyl (C=O) groups is 2. The fourth-order valence-electron chi connectivity index (χ4n) is 6.26. The molecule has 0 aromatic rings. The molecule has 324 valence electrons. The second-order valence-electron chi connectivity index (χ2n) is 15.0. The molecule has 0 bridgehead atoms. The van der Waals surface area contributed by atoms with Crippen LogP contribution in [0.4, 0.5) is 0 Å². The minimum atomic E-state index is -0.813. The van der Waals surface area contributed by atoms with Crippen LogP contribution in [-0.2, 0) is 14.3 Å². The smallest absolute Gasteiger partial charge is 0.306 e. The van der Waals surface area contributed by atoms with Crippen LogP contribution in [0.2, 0.25) is 0 Å². The van der Waals surface area contributed by atoms with Crippen LogP contribution in [0.3, 0.4) is 0 Å². The molecule has 0 aliphatic rings. The molecule has 1 amide bonds. The summed E-state index contributed by atoms with van der Waals surface area (Å²) in [7, 11) is 0. The van der Waals surface area contributed by atoms with Gasteiger partial charge in [0.05, 0.1) is 25.2 Å². The Morgan fingerprint density at radius 3 is 1.42 bits per heavy atom. The van der Waals surface area contributed by atoms with Crippen LogP contribution in [-0.4, -0.2) is 46.9 Å². The van der Waals surface area contributed by atoms with Crippen molar-refractivity contribution in [3.05, 3.63) is 97.2 Å². The van der Waals surface area contributed by atoms with E-state index in [0.29, 0.717) is 19.3 Å². The Hall–Kier alpha value is -3.22. The first-order valence-corrected chi connectivity index (χ1v) is 23.0. The second-order valence-corrected chi connectivity index (χ2v) is 15.0. The average molecular weight is 792 g/mol. The molecule has 0 saturated heterocycles. The first-order valence-electron chi connectivity index (χ1n) is 23.0. The van der Waals surface area contributed by atoms with Gasteiger partial charge in [0.2, 0.25) is 5.91 Å². The minimum absolute atomic E-state index is 0.0159. The molecule has 3 atom stereocenters. The normalized spacial score (nSPS) is 14.3. The summed E-state index contributed by atoms with van der Waals surface area (Å²) >= 11 is 0. The van der Waals surface area contributed by atoms with E-state index in [-0.39, 0.29) is 31.3 Å². The molecule has 0 heterocycles. The molecule has 6 heteroatoms. The SMILES string of the molecule is CC/C=C/C/C=C/C/C=C/C/C=C/C/C=C/CCC(=O)OC(CCCC/C=C/C/C=C/C/C=C/CC)CC(=O)NC(CO)C(O)CCCCCCCCCCCC. The molecule has 0 aromatic carbocycles. The van der Waals surface area contributed by atoms with Crippen LogP contribution in [0.15, 0.2) is 97.2 Å². The molecule has 0 rings (SSSR count). The van der Waals surface area contributed by atoms with Crippen LogP contribution in [0, 0.1) is 0 Å². The fourth-order valence-corrected chi connectivity index (χ4v) is 6.26. The molecule has 0 saturated carbocycles. The van der Waals surface area contributed by atoms with Crippen molar-refractivity contribution < 1.29 is 24.5 Å². The molecule has 0 radical (unpaired) electrons. The molecule has 3 unspecified atom stereocenters. The van der Waals surface area contributed by atoms with Crippen LogP contribution >= 0.6 is 0 Å². The highest BCUT2D eigenvalue weighted by Gasteiger charge is 2.23. The predicted octanol–water partition coefficient (Wildman–Crippen LogP) is 13.4. The van der Waals surface area contributed by atoms with Gasteiger partial charge in [-0.05, 0) is 89.9 Å². The first kappa shape index (κ1) is 53.8. The quantitative estimate of drug-likeness (QED) is 0.0327. The van der Waals surface area contributed by atoms with E-state index in [1.807, 2.05) is 6.08 Å². The van der Waals surface area contributed by atoms with E-state index in [1.54, 1.807) is 0 Å². The summed E-state index contributed by atoms with van der Waals surface area (Å²) in [6.45, 7) is 6.18. The number of hydrogen-bond donors (Lipinski definition) is 3. The summed E-state index contributed by atoms with van der Waals surface area (Å²) in [5, 5.41) is 23.6. The largest absolute Gasteiger partial charge is 0.462 e. The van der Waals surface area contributed by atoms with Crippen LogP contribution in [0.25, 0.3) is 0 Å². The summed E-state index contributed by atoms with van der Waals surface area (Å²) in [6, 6.07) is -0.732. The van der Waals surface area contributed by atoms with Gasteiger partial charge in [-0.1, -0.05) is 182 Å². The molecule has 3 N–H and O–H groups in total. The lowest BCUT2D eigenvalue weighted by Gasteiger charge is -2.24. The molecular formula is C51H85NO5. The monoisotopic (exact) mass is 792 g/mol. The first-order chi connectivity index (χ1) is 28.0. The number of nitrogens with one attached hydrogen (secondary N) is 1. The van der Waals surface area contributed by atoms with E-state index in [9.17, 15) is 19.8 Å². The Kier molecular flexibility index (Phi) is 41.4. The van der Waals surface area contributed by atoms with Gasteiger partial charge in [0, 0.05) is 6.42 Å². The highest BCUT2D eigenvalue weighted by molar-refractivity contribution is 5.77. The summed E-state index contributed by atoms with van der Waals surface area (Å²) < 4.78 is 5.84. The van der Waals surface area contributed by atoms with Crippen molar-refractivity contribution in [1.82, 2.24) is 5.32 Å². The number of aliphatic hydroxyl groups is 2. The van der Waals surface area contributed by atoms with Gasteiger partial charge in [0.15, 0.2) is 0 Å². The third-order valence-electron chi connectivity index (χ3n) is 9.67. The van der Waals surface area contributed by atoms with Crippen LogP contribution < -0.4 is 5.32 Å². The Morgan fingerprint density at radius 1 is 0.526 bits per heavy atom. The number of allylic oxidation sites excluding steroid dienone is 16. The zero-order chi connectivity index (χ0) is 41.7. The van der Waals surface area contributed by atoms with Crippen molar-refractivity contribution in [1.29, 1.82) is 0 Å². The van der Waals surface area contributed by atoms with Gasteiger partial charge in [-0.3, -0.25) is 9.59 Å². The van der Waals surface area contributed by atoms with Crippen molar-refractivity contribution in [2.45, 2.75) is 206 Å². The zero-order valence-electron chi connectivity index (χ0n) is 36.7. The Bertz CT molecular complexity index is 1160. The lowest BCUT2D eigenvalue weighted by molar-refractivity contribution is -0.150. The van der Waals surface area contributed by atoms with Crippen molar-refractivity contribution in [3.63, 3.8) is 0 Å². The number of esters is 1. The van der Waals surface area contributed by atoms with Crippen molar-refractivity contribution in [2.75, 3.05) is 6.61 Å². The zero-order valence-corrected chi connectivity index (χ0v) is 36.7. The molecule has 57 heavy (non-hydrogen) atoms. The summed E-state index contributed by atoms with van der Waals surface area (Å²) in [6.07, 6.45) is 57.6. The summed E-state index contributed by atoms with van der Waals surface area (Å²) in [5.41, 5.74) is 0. The molecule has 0 spiro atoms. The van der Waals surface area contributed by atoms with Gasteiger partial charge in [-0.25, -0.2) is 0 Å². The maximum atomic E-state index is 13.1. The molecular weight excluding hydrogens is 707 g/mol. The van der Waals surface area contributed by atoms with E-state index >= 15 is 0 Å². The minimum Gasteiger partial charge on any atom is -0.462 e. The van der Waals surface area contributed by atoms with Gasteiger partial charge in [-0.2, -0.15) is 0 Å². The number of carbonyl (C=O) groups excluding carboxylic acids is 2. The van der Waals surface area contributed by atoms with Crippen LogP contribution in [0.1, 0.15) is 188 Å². The highest BCUT2D eigenvalue weighted by Crippen LogP contribution is 2.16. The maximum absolute atomic E-state index is 13.1. The highest BCUT2D eigenvalue weighted by atomic mass is 16.5. The standard InChI is InChI=1S/C51H85NO5/c1-4-7-10-13-16-19-22-24-25-26-27-29-32-35-38-41-44-51(56)57-47(42-39-36-33-30-28-23-20-17-14-11-8-5-2)45-50(55)52-48(46-53)49(54)43-40-37-34-31-21-18-15-12-9-6-3/h7-8,10-11,16-17,19-20,24-25,27-30,35,38,47-49,53-54H,4-6,9,12-15,18,21-23,26,31-34,36-37,39-46H2,1-3H3,(H,52,55)/b10-7+,11-8+,19-16+,20-17+,25-24+,29-27+,30-28+,38-35+. The number of hydrogen-bond acceptors (Lipinski definition) is 5. The van der Waals surface area contributed by atoms with E-state index < -0.39 is 18.2 Å². The number of unbranched alkanes of at least 4 members (excludes halogenated alkanes) is 11. The van der Waals surface area contributed by atoms with Gasteiger partial charge >= 0.3 is 5.97 Å². The van der Waals surface area contributed by atoms with Crippen LogP contribution in [0.5, 0.6) is 0 Å².